The fourth-order valence-corrected chi connectivity index (χ4v) is 4.07. The Hall–Kier alpha value is -2.42. The van der Waals surface area contributed by atoms with Gasteiger partial charge in [0.15, 0.2) is 5.41 Å². The minimum absolute atomic E-state index is 0.103. The zero-order chi connectivity index (χ0) is 18.4. The minimum atomic E-state index is -1.67. The van der Waals surface area contributed by atoms with Gasteiger partial charge in [-0.15, -0.1) is 0 Å². The van der Waals surface area contributed by atoms with Crippen LogP contribution in [0.2, 0.25) is 0 Å². The number of esters is 1. The highest BCUT2D eigenvalue weighted by molar-refractivity contribution is 6.06. The molecule has 25 heavy (non-hydrogen) atoms. The number of carbonyl (C=O) groups excluding carboxylic acids is 2. The lowest BCUT2D eigenvalue weighted by atomic mass is 9.70. The molecule has 2 fully saturated rings. The molecule has 1 aromatic rings. The molecular weight excluding hydrogens is 332 g/mol. The molecule has 1 aromatic heterocycles. The van der Waals surface area contributed by atoms with Crippen molar-refractivity contribution in [1.82, 2.24) is 4.90 Å². The summed E-state index contributed by atoms with van der Waals surface area (Å²) >= 11 is 0. The molecule has 9 heteroatoms. The molecule has 9 nitrogen and oxygen atoms in total. The highest BCUT2D eigenvalue weighted by atomic mass is 16.6. The first kappa shape index (κ1) is 17.4. The average molecular weight is 352 g/mol. The highest BCUT2D eigenvalue weighted by Crippen LogP contribution is 2.52. The molecule has 2 aliphatic heterocycles. The van der Waals surface area contributed by atoms with Gasteiger partial charge in [0, 0.05) is 10.5 Å². The van der Waals surface area contributed by atoms with Gasteiger partial charge in [-0.25, -0.2) is 0 Å². The van der Waals surface area contributed by atoms with Gasteiger partial charge in [-0.3, -0.25) is 19.7 Å². The monoisotopic (exact) mass is 352 g/mol. The largest absolute Gasteiger partial charge is 0.472 e. The summed E-state index contributed by atoms with van der Waals surface area (Å²) in [7, 11) is 1.18. The molecule has 3 rings (SSSR count). The lowest BCUT2D eigenvalue weighted by Gasteiger charge is -2.34. The van der Waals surface area contributed by atoms with E-state index in [0.717, 1.165) is 0 Å². The predicted octanol–water partition coefficient (Wildman–Crippen LogP) is 1.17. The molecule has 0 N–H and O–H groups in total. The SMILES string of the molecule is COC(=O)[C@]1([C@H](C[N+](=O)[O-])c2ccoc2)C[C@@H]2COC(C)(C)N2C1=O. The Morgan fingerprint density at radius 2 is 2.28 bits per heavy atom. The fourth-order valence-electron chi connectivity index (χ4n) is 4.07. The molecule has 3 atom stereocenters. The summed E-state index contributed by atoms with van der Waals surface area (Å²) in [6, 6.07) is 1.21. The molecule has 1 amide bonds. The Morgan fingerprint density at radius 1 is 1.56 bits per heavy atom. The van der Waals surface area contributed by atoms with Crippen molar-refractivity contribution in [2.24, 2.45) is 5.41 Å². The van der Waals surface area contributed by atoms with Crippen molar-refractivity contribution < 1.29 is 28.4 Å². The van der Waals surface area contributed by atoms with E-state index in [1.165, 1.54) is 30.6 Å². The van der Waals surface area contributed by atoms with Gasteiger partial charge in [-0.05, 0) is 26.3 Å². The molecule has 136 valence electrons. The van der Waals surface area contributed by atoms with E-state index in [2.05, 4.69) is 0 Å². The van der Waals surface area contributed by atoms with Gasteiger partial charge in [0.1, 0.15) is 5.72 Å². The van der Waals surface area contributed by atoms with Crippen molar-refractivity contribution in [3.63, 3.8) is 0 Å². The maximum absolute atomic E-state index is 13.3. The molecule has 0 aromatic carbocycles. The van der Waals surface area contributed by atoms with Gasteiger partial charge in [-0.1, -0.05) is 0 Å². The number of methoxy groups -OCH3 is 1. The van der Waals surface area contributed by atoms with Crippen LogP contribution in [0.4, 0.5) is 0 Å². The predicted molar refractivity (Wildman–Crippen MR) is 83.0 cm³/mol. The zero-order valence-corrected chi connectivity index (χ0v) is 14.3. The maximum atomic E-state index is 13.3. The van der Waals surface area contributed by atoms with Crippen LogP contribution in [0.1, 0.15) is 31.7 Å². The topological polar surface area (TPSA) is 112 Å². The molecule has 0 bridgehead atoms. The number of fused-ring (bicyclic) bond motifs is 1. The van der Waals surface area contributed by atoms with Crippen LogP contribution in [-0.2, 0) is 19.1 Å². The molecule has 0 unspecified atom stereocenters. The van der Waals surface area contributed by atoms with Gasteiger partial charge in [0.05, 0.1) is 38.2 Å². The quantitative estimate of drug-likeness (QED) is 0.338. The summed E-state index contributed by atoms with van der Waals surface area (Å²) in [6.07, 6.45) is 2.80. The van der Waals surface area contributed by atoms with Crippen LogP contribution in [0.5, 0.6) is 0 Å². The molecule has 0 radical (unpaired) electrons. The van der Waals surface area contributed by atoms with Gasteiger partial charge in [-0.2, -0.15) is 0 Å². The third-order valence-electron chi connectivity index (χ3n) is 5.15. The van der Waals surface area contributed by atoms with Crippen LogP contribution in [0.15, 0.2) is 23.0 Å². The third-order valence-corrected chi connectivity index (χ3v) is 5.15. The van der Waals surface area contributed by atoms with Crippen LogP contribution in [0.25, 0.3) is 0 Å². The number of rotatable bonds is 5. The molecule has 3 heterocycles. The van der Waals surface area contributed by atoms with E-state index >= 15 is 0 Å². The first-order valence-corrected chi connectivity index (χ1v) is 7.94. The van der Waals surface area contributed by atoms with Crippen LogP contribution < -0.4 is 0 Å². The van der Waals surface area contributed by atoms with Crippen LogP contribution in [-0.4, -0.2) is 53.7 Å². The summed E-state index contributed by atoms with van der Waals surface area (Å²) in [5, 5.41) is 11.3. The first-order valence-electron chi connectivity index (χ1n) is 7.94. The van der Waals surface area contributed by atoms with Gasteiger partial charge in [0.25, 0.3) is 0 Å². The Morgan fingerprint density at radius 3 is 2.80 bits per heavy atom. The molecular formula is C16H20N2O7. The van der Waals surface area contributed by atoms with Crippen molar-refractivity contribution in [3.05, 3.63) is 34.3 Å². The van der Waals surface area contributed by atoms with Crippen LogP contribution in [0.3, 0.4) is 0 Å². The number of hydrogen-bond acceptors (Lipinski definition) is 7. The van der Waals surface area contributed by atoms with Crippen molar-refractivity contribution in [3.8, 4) is 0 Å². The smallest absolute Gasteiger partial charge is 0.322 e. The molecule has 2 saturated heterocycles. The van der Waals surface area contributed by atoms with Crippen molar-refractivity contribution in [2.75, 3.05) is 20.3 Å². The summed E-state index contributed by atoms with van der Waals surface area (Å²) in [6.45, 7) is 3.16. The second kappa shape index (κ2) is 5.83. The lowest BCUT2D eigenvalue weighted by Crippen LogP contribution is -2.51. The highest BCUT2D eigenvalue weighted by Gasteiger charge is 2.67. The molecule has 0 spiro atoms. The van der Waals surface area contributed by atoms with Crippen LogP contribution >= 0.6 is 0 Å². The molecule has 0 saturated carbocycles. The van der Waals surface area contributed by atoms with Crippen molar-refractivity contribution in [2.45, 2.75) is 38.0 Å². The van der Waals surface area contributed by atoms with Gasteiger partial charge in [0.2, 0.25) is 12.5 Å². The molecule has 2 aliphatic rings. The normalized spacial score (nSPS) is 28.7. The summed E-state index contributed by atoms with van der Waals surface area (Å²) < 4.78 is 15.6. The van der Waals surface area contributed by atoms with E-state index < -0.39 is 40.4 Å². The Kier molecular flexibility index (Phi) is 4.06. The van der Waals surface area contributed by atoms with Crippen molar-refractivity contribution in [1.29, 1.82) is 0 Å². The van der Waals surface area contributed by atoms with E-state index in [1.54, 1.807) is 13.8 Å². The summed E-state index contributed by atoms with van der Waals surface area (Å²) in [5.41, 5.74) is -2.12. The number of amides is 1. The van der Waals surface area contributed by atoms with E-state index in [0.29, 0.717) is 5.56 Å². The number of furan rings is 1. The van der Waals surface area contributed by atoms with Crippen molar-refractivity contribution >= 4 is 11.9 Å². The second-order valence-corrected chi connectivity index (χ2v) is 6.88. The van der Waals surface area contributed by atoms with E-state index in [9.17, 15) is 19.7 Å². The van der Waals surface area contributed by atoms with E-state index in [-0.39, 0.29) is 19.1 Å². The first-order chi connectivity index (χ1) is 11.7. The minimum Gasteiger partial charge on any atom is -0.472 e. The lowest BCUT2D eigenvalue weighted by molar-refractivity contribution is -0.485. The Balaban J connectivity index is 2.12. The number of nitrogens with zero attached hydrogens (tertiary/aromatic N) is 2. The zero-order valence-electron chi connectivity index (χ0n) is 14.3. The number of nitro groups is 1. The number of hydrogen-bond donors (Lipinski definition) is 0. The third kappa shape index (κ3) is 2.50. The fraction of sp³-hybridized carbons (Fsp3) is 0.625. The van der Waals surface area contributed by atoms with Crippen LogP contribution in [0, 0.1) is 15.5 Å². The van der Waals surface area contributed by atoms with E-state index in [4.69, 9.17) is 13.9 Å². The second-order valence-electron chi connectivity index (χ2n) is 6.88. The standard InChI is InChI=1S/C16H20N2O7/c1-15(2)18-11(9-25-15)6-16(13(18)19,14(20)23-3)12(7-17(21)22)10-4-5-24-8-10/h4-5,8,11-12H,6-7,9H2,1-3H3/t11-,12-,16+/m1/s1. The summed E-state index contributed by atoms with van der Waals surface area (Å²) in [5.74, 6) is -2.25. The average Bonchev–Trinajstić information content (AvgIpc) is 3.23. The molecule has 0 aliphatic carbocycles. The van der Waals surface area contributed by atoms with Gasteiger partial charge >= 0.3 is 5.97 Å². The number of carbonyl (C=O) groups is 2. The van der Waals surface area contributed by atoms with Gasteiger partial charge < -0.3 is 18.8 Å². The Labute approximate surface area is 144 Å². The maximum Gasteiger partial charge on any atom is 0.322 e. The van der Waals surface area contributed by atoms with E-state index in [1.807, 2.05) is 0 Å². The number of ether oxygens (including phenoxy) is 2. The summed E-state index contributed by atoms with van der Waals surface area (Å²) in [4.78, 5) is 38.3. The Bertz CT molecular complexity index is 699.